The molecule has 1 aliphatic heterocycles. The lowest BCUT2D eigenvalue weighted by Gasteiger charge is -2.36. The Labute approximate surface area is 116 Å². The van der Waals surface area contributed by atoms with Crippen LogP contribution in [0.4, 0.5) is 0 Å². The number of nitrogens with one attached hydrogen (secondary N) is 2. The fourth-order valence-electron chi connectivity index (χ4n) is 2.49. The van der Waals surface area contributed by atoms with Crippen LogP contribution in [0, 0.1) is 5.41 Å². The zero-order chi connectivity index (χ0) is 14.4. The Morgan fingerprint density at radius 2 is 2.32 bits per heavy atom. The van der Waals surface area contributed by atoms with Gasteiger partial charge in [-0.2, -0.15) is 0 Å². The Morgan fingerprint density at radius 3 is 2.84 bits per heavy atom. The van der Waals surface area contributed by atoms with Crippen LogP contribution in [0.25, 0.3) is 0 Å². The molecule has 19 heavy (non-hydrogen) atoms. The molecule has 1 heterocycles. The highest BCUT2D eigenvalue weighted by atomic mass is 16.5. The maximum Gasteiger partial charge on any atom is 0.227 e. The van der Waals surface area contributed by atoms with E-state index in [1.54, 1.807) is 14.0 Å². The van der Waals surface area contributed by atoms with Crippen LogP contribution in [-0.2, 0) is 9.53 Å². The van der Waals surface area contributed by atoms with Gasteiger partial charge in [0, 0.05) is 33.2 Å². The molecule has 3 N–H and O–H groups in total. The molecule has 1 saturated heterocycles. The zero-order valence-electron chi connectivity index (χ0n) is 12.4. The van der Waals surface area contributed by atoms with Gasteiger partial charge in [-0.05, 0) is 32.7 Å². The van der Waals surface area contributed by atoms with Crippen molar-refractivity contribution in [3.05, 3.63) is 0 Å². The van der Waals surface area contributed by atoms with Crippen LogP contribution in [0.15, 0.2) is 0 Å². The third kappa shape index (κ3) is 4.75. The summed E-state index contributed by atoms with van der Waals surface area (Å²) in [4.78, 5) is 12.4. The highest BCUT2D eigenvalue weighted by molar-refractivity contribution is 5.83. The first kappa shape index (κ1) is 16.4. The molecule has 5 heteroatoms. The molecule has 0 spiro atoms. The van der Waals surface area contributed by atoms with Gasteiger partial charge in [0.15, 0.2) is 0 Å². The number of methoxy groups -OCH3 is 1. The third-order valence-corrected chi connectivity index (χ3v) is 4.11. The smallest absolute Gasteiger partial charge is 0.227 e. The van der Waals surface area contributed by atoms with E-state index in [2.05, 4.69) is 17.6 Å². The van der Waals surface area contributed by atoms with Crippen molar-refractivity contribution < 1.29 is 14.6 Å². The van der Waals surface area contributed by atoms with Gasteiger partial charge in [0.2, 0.25) is 5.91 Å². The van der Waals surface area contributed by atoms with Gasteiger partial charge in [0.25, 0.3) is 0 Å². The molecule has 0 aromatic carbocycles. The number of hydrogen-bond acceptors (Lipinski definition) is 4. The topological polar surface area (TPSA) is 70.6 Å². The summed E-state index contributed by atoms with van der Waals surface area (Å²) in [6, 6.07) is 0. The molecule has 0 radical (unpaired) electrons. The maximum absolute atomic E-state index is 12.4. The molecule has 0 aromatic heterocycles. The van der Waals surface area contributed by atoms with Crippen LogP contribution in [0.1, 0.15) is 39.5 Å². The van der Waals surface area contributed by atoms with Crippen molar-refractivity contribution in [3.8, 4) is 0 Å². The summed E-state index contributed by atoms with van der Waals surface area (Å²) in [5.74, 6) is 0.0555. The van der Waals surface area contributed by atoms with Gasteiger partial charge in [0.1, 0.15) is 0 Å². The van der Waals surface area contributed by atoms with Crippen molar-refractivity contribution in [2.45, 2.75) is 45.1 Å². The number of amides is 1. The minimum absolute atomic E-state index is 0.0555. The molecular formula is C14H28N2O3. The molecular weight excluding hydrogens is 244 g/mol. The zero-order valence-corrected chi connectivity index (χ0v) is 12.4. The summed E-state index contributed by atoms with van der Waals surface area (Å²) >= 11 is 0. The number of piperidine rings is 1. The molecule has 112 valence electrons. The second-order valence-electron chi connectivity index (χ2n) is 5.84. The number of hydrogen-bond donors (Lipinski definition) is 3. The van der Waals surface area contributed by atoms with E-state index >= 15 is 0 Å². The molecule has 0 bridgehead atoms. The van der Waals surface area contributed by atoms with Gasteiger partial charge in [-0.25, -0.2) is 0 Å². The van der Waals surface area contributed by atoms with Crippen LogP contribution in [-0.4, -0.2) is 50.0 Å². The minimum Gasteiger partial charge on any atom is -0.388 e. The van der Waals surface area contributed by atoms with Gasteiger partial charge in [-0.1, -0.05) is 6.92 Å². The SMILES string of the molecule is CCC1(C(=O)NCC(C)(O)CCOC)CCCNC1. The molecule has 0 aliphatic carbocycles. The van der Waals surface area contributed by atoms with Crippen LogP contribution >= 0.6 is 0 Å². The minimum atomic E-state index is -0.914. The van der Waals surface area contributed by atoms with Crippen LogP contribution in [0.3, 0.4) is 0 Å². The van der Waals surface area contributed by atoms with Gasteiger partial charge < -0.3 is 20.5 Å². The van der Waals surface area contributed by atoms with E-state index in [9.17, 15) is 9.90 Å². The van der Waals surface area contributed by atoms with Gasteiger partial charge in [-0.15, -0.1) is 0 Å². The highest BCUT2D eigenvalue weighted by Crippen LogP contribution is 2.30. The van der Waals surface area contributed by atoms with E-state index in [1.807, 2.05) is 0 Å². The average molecular weight is 272 g/mol. The van der Waals surface area contributed by atoms with Crippen molar-refractivity contribution in [2.24, 2.45) is 5.41 Å². The van der Waals surface area contributed by atoms with E-state index in [0.717, 1.165) is 32.4 Å². The Hall–Kier alpha value is -0.650. The van der Waals surface area contributed by atoms with Gasteiger partial charge >= 0.3 is 0 Å². The summed E-state index contributed by atoms with van der Waals surface area (Å²) in [5, 5.41) is 16.3. The predicted molar refractivity (Wildman–Crippen MR) is 75.0 cm³/mol. The molecule has 1 aliphatic rings. The Morgan fingerprint density at radius 1 is 1.58 bits per heavy atom. The molecule has 0 saturated carbocycles. The van der Waals surface area contributed by atoms with E-state index in [-0.39, 0.29) is 17.9 Å². The van der Waals surface area contributed by atoms with Crippen molar-refractivity contribution in [2.75, 3.05) is 33.4 Å². The lowest BCUT2D eigenvalue weighted by Crippen LogP contribution is -2.53. The van der Waals surface area contributed by atoms with Crippen LogP contribution < -0.4 is 10.6 Å². The monoisotopic (exact) mass is 272 g/mol. The molecule has 2 atom stereocenters. The first-order valence-electron chi connectivity index (χ1n) is 7.16. The Kier molecular flexibility index (Phi) is 6.23. The van der Waals surface area contributed by atoms with E-state index < -0.39 is 5.60 Å². The Balaban J connectivity index is 2.48. The van der Waals surface area contributed by atoms with Crippen molar-refractivity contribution in [1.29, 1.82) is 0 Å². The van der Waals surface area contributed by atoms with Gasteiger partial charge in [-0.3, -0.25) is 4.79 Å². The van der Waals surface area contributed by atoms with Crippen LogP contribution in [0.2, 0.25) is 0 Å². The number of aliphatic hydroxyl groups is 1. The summed E-state index contributed by atoms with van der Waals surface area (Å²) in [7, 11) is 1.61. The second-order valence-corrected chi connectivity index (χ2v) is 5.84. The maximum atomic E-state index is 12.4. The fourth-order valence-corrected chi connectivity index (χ4v) is 2.49. The summed E-state index contributed by atoms with van der Waals surface area (Å²) in [6.45, 7) is 6.26. The summed E-state index contributed by atoms with van der Waals surface area (Å²) < 4.78 is 4.96. The summed E-state index contributed by atoms with van der Waals surface area (Å²) in [6.07, 6.45) is 3.29. The molecule has 1 rings (SSSR count). The first-order valence-corrected chi connectivity index (χ1v) is 7.16. The van der Waals surface area contributed by atoms with E-state index in [1.165, 1.54) is 0 Å². The second kappa shape index (κ2) is 7.22. The lowest BCUT2D eigenvalue weighted by molar-refractivity contribution is -0.133. The normalized spacial score (nSPS) is 26.7. The van der Waals surface area contributed by atoms with Crippen molar-refractivity contribution >= 4 is 5.91 Å². The number of carbonyl (C=O) groups is 1. The molecule has 2 unspecified atom stereocenters. The number of rotatable bonds is 7. The van der Waals surface area contributed by atoms with Crippen LogP contribution in [0.5, 0.6) is 0 Å². The van der Waals surface area contributed by atoms with Crippen molar-refractivity contribution in [1.82, 2.24) is 10.6 Å². The van der Waals surface area contributed by atoms with E-state index in [0.29, 0.717) is 13.0 Å². The highest BCUT2D eigenvalue weighted by Gasteiger charge is 2.38. The predicted octanol–water partition coefficient (Wildman–Crippen LogP) is 0.670. The van der Waals surface area contributed by atoms with Gasteiger partial charge in [0.05, 0.1) is 11.0 Å². The van der Waals surface area contributed by atoms with Crippen molar-refractivity contribution in [3.63, 3.8) is 0 Å². The Bertz CT molecular complexity index is 286. The molecule has 0 aromatic rings. The number of carbonyl (C=O) groups excluding carboxylic acids is 1. The fraction of sp³-hybridized carbons (Fsp3) is 0.929. The third-order valence-electron chi connectivity index (χ3n) is 4.11. The first-order chi connectivity index (χ1) is 8.96. The summed E-state index contributed by atoms with van der Waals surface area (Å²) in [5.41, 5.74) is -1.22. The molecule has 1 amide bonds. The standard InChI is InChI=1S/C14H28N2O3/c1-4-14(6-5-8-15-11-14)12(17)16-10-13(2,18)7-9-19-3/h15,18H,4-11H2,1-3H3,(H,16,17). The average Bonchev–Trinajstić information content (AvgIpc) is 2.43. The molecule has 1 fully saturated rings. The quantitative estimate of drug-likeness (QED) is 0.637. The molecule has 5 nitrogen and oxygen atoms in total. The largest absolute Gasteiger partial charge is 0.388 e. The lowest BCUT2D eigenvalue weighted by atomic mass is 9.77. The van der Waals surface area contributed by atoms with E-state index in [4.69, 9.17) is 4.74 Å². The number of ether oxygens (including phenoxy) is 1.